The molecule has 5 nitrogen and oxygen atoms in total. The third-order valence-electron chi connectivity index (χ3n) is 6.10. The van der Waals surface area contributed by atoms with E-state index in [0.717, 1.165) is 22.3 Å². The zero-order valence-corrected chi connectivity index (χ0v) is 19.1. The van der Waals surface area contributed by atoms with Crippen LogP contribution in [0.5, 0.6) is 0 Å². The Morgan fingerprint density at radius 3 is 2.06 bits per heavy atom. The number of hydrogen-bond donors (Lipinski definition) is 1. The van der Waals surface area contributed by atoms with Gasteiger partial charge in [0.1, 0.15) is 6.04 Å². The van der Waals surface area contributed by atoms with Crippen molar-refractivity contribution in [3.8, 4) is 11.1 Å². The molecule has 3 aromatic carbocycles. The van der Waals surface area contributed by atoms with Crippen LogP contribution in [-0.4, -0.2) is 47.0 Å². The molecule has 0 spiro atoms. The first kappa shape index (κ1) is 22.6. The van der Waals surface area contributed by atoms with E-state index in [0.29, 0.717) is 17.1 Å². The number of halogens is 1. The van der Waals surface area contributed by atoms with Crippen LogP contribution >= 0.6 is 11.6 Å². The Morgan fingerprint density at radius 1 is 1.00 bits per heavy atom. The maximum Gasteiger partial charge on any atom is 0.408 e. The van der Waals surface area contributed by atoms with Crippen LogP contribution in [0.2, 0.25) is 5.02 Å². The van der Waals surface area contributed by atoms with Crippen molar-refractivity contribution in [3.05, 3.63) is 107 Å². The molecule has 168 valence electrons. The van der Waals surface area contributed by atoms with Crippen molar-refractivity contribution in [2.24, 2.45) is 0 Å². The molecule has 0 bridgehead atoms. The summed E-state index contributed by atoms with van der Waals surface area (Å²) in [5.41, 5.74) is 4.89. The Bertz CT molecular complexity index is 1150. The van der Waals surface area contributed by atoms with E-state index in [-0.39, 0.29) is 18.4 Å². The number of carbonyl (C=O) groups is 2. The summed E-state index contributed by atoms with van der Waals surface area (Å²) in [6.45, 7) is 4.15. The van der Waals surface area contributed by atoms with Gasteiger partial charge in [0, 0.05) is 31.1 Å². The average Bonchev–Trinajstić information content (AvgIpc) is 3.13. The minimum absolute atomic E-state index is 0.143. The van der Waals surface area contributed by atoms with Crippen LogP contribution in [0.4, 0.5) is 4.79 Å². The van der Waals surface area contributed by atoms with Gasteiger partial charge in [-0.2, -0.15) is 0 Å². The Hall–Kier alpha value is -3.57. The van der Waals surface area contributed by atoms with E-state index in [1.165, 1.54) is 9.80 Å². The van der Waals surface area contributed by atoms with Gasteiger partial charge in [0.15, 0.2) is 0 Å². The van der Waals surface area contributed by atoms with Gasteiger partial charge in [-0.1, -0.05) is 78.3 Å². The predicted octanol–water partition coefficient (Wildman–Crippen LogP) is 5.82. The van der Waals surface area contributed by atoms with Crippen LogP contribution in [-0.2, 0) is 4.79 Å². The first-order valence-corrected chi connectivity index (χ1v) is 11.1. The van der Waals surface area contributed by atoms with Gasteiger partial charge in [-0.15, -0.1) is 6.58 Å². The number of benzene rings is 3. The molecule has 0 radical (unpaired) electrons. The fourth-order valence-electron chi connectivity index (χ4n) is 4.54. The van der Waals surface area contributed by atoms with Gasteiger partial charge in [-0.05, 0) is 39.9 Å². The number of carboxylic acid groups (broad SMARTS) is 1. The van der Waals surface area contributed by atoms with Gasteiger partial charge >= 0.3 is 6.09 Å². The molecule has 1 aliphatic carbocycles. The number of rotatable bonds is 7. The Labute approximate surface area is 198 Å². The highest BCUT2D eigenvalue weighted by Crippen LogP contribution is 2.45. The predicted molar refractivity (Wildman–Crippen MR) is 130 cm³/mol. The highest BCUT2D eigenvalue weighted by molar-refractivity contribution is 6.30. The van der Waals surface area contributed by atoms with Gasteiger partial charge in [0.05, 0.1) is 0 Å². The number of likely N-dealkylation sites (N-methyl/N-ethyl adjacent to an activating group) is 1. The zero-order valence-electron chi connectivity index (χ0n) is 18.3. The van der Waals surface area contributed by atoms with Crippen molar-refractivity contribution in [2.45, 2.75) is 12.0 Å². The van der Waals surface area contributed by atoms with Crippen LogP contribution in [0.3, 0.4) is 0 Å². The number of nitrogens with zero attached hydrogens (tertiary/aromatic N) is 2. The highest BCUT2D eigenvalue weighted by atomic mass is 35.5. The molecule has 4 rings (SSSR count). The van der Waals surface area contributed by atoms with E-state index in [1.54, 1.807) is 37.4 Å². The number of amides is 2. The highest BCUT2D eigenvalue weighted by Gasteiger charge is 2.37. The van der Waals surface area contributed by atoms with Gasteiger partial charge in [-0.25, -0.2) is 4.79 Å². The maximum absolute atomic E-state index is 13.5. The average molecular weight is 461 g/mol. The van der Waals surface area contributed by atoms with E-state index in [9.17, 15) is 14.7 Å². The first-order chi connectivity index (χ1) is 15.9. The van der Waals surface area contributed by atoms with Gasteiger partial charge in [0.25, 0.3) is 0 Å². The molecule has 2 amide bonds. The van der Waals surface area contributed by atoms with Gasteiger partial charge < -0.3 is 10.0 Å². The topological polar surface area (TPSA) is 60.9 Å². The lowest BCUT2D eigenvalue weighted by molar-refractivity contribution is -0.134. The molecule has 1 N–H and O–H groups in total. The third kappa shape index (κ3) is 4.37. The summed E-state index contributed by atoms with van der Waals surface area (Å²) in [7, 11) is 1.65. The second kappa shape index (κ2) is 9.51. The summed E-state index contributed by atoms with van der Waals surface area (Å²) < 4.78 is 0. The molecule has 1 atom stereocenters. The summed E-state index contributed by atoms with van der Waals surface area (Å²) in [4.78, 5) is 28.8. The van der Waals surface area contributed by atoms with Crippen molar-refractivity contribution in [2.75, 3.05) is 20.1 Å². The Balaban J connectivity index is 1.78. The molecule has 33 heavy (non-hydrogen) atoms. The van der Waals surface area contributed by atoms with Gasteiger partial charge in [-0.3, -0.25) is 9.69 Å². The monoisotopic (exact) mass is 460 g/mol. The fourth-order valence-corrected chi connectivity index (χ4v) is 4.67. The molecule has 6 heteroatoms. The smallest absolute Gasteiger partial charge is 0.408 e. The number of hydrogen-bond acceptors (Lipinski definition) is 2. The van der Waals surface area contributed by atoms with Crippen molar-refractivity contribution >= 4 is 23.6 Å². The van der Waals surface area contributed by atoms with Gasteiger partial charge in [0.2, 0.25) is 5.91 Å². The van der Waals surface area contributed by atoms with Crippen LogP contribution in [0, 0.1) is 0 Å². The molecular formula is C27H25ClN2O3. The molecule has 0 aromatic heterocycles. The second-order valence-electron chi connectivity index (χ2n) is 8.12. The van der Waals surface area contributed by atoms with Crippen molar-refractivity contribution in [1.29, 1.82) is 0 Å². The molecule has 0 heterocycles. The third-order valence-corrected chi connectivity index (χ3v) is 6.35. The van der Waals surface area contributed by atoms with Crippen LogP contribution in [0.1, 0.15) is 28.7 Å². The lowest BCUT2D eigenvalue weighted by Gasteiger charge is -2.33. The second-order valence-corrected chi connectivity index (χ2v) is 8.56. The molecule has 0 unspecified atom stereocenters. The summed E-state index contributed by atoms with van der Waals surface area (Å²) in [6.07, 6.45) is 0.461. The SMILES string of the molecule is C=CCN(C)C(=O)[C@@H](c1ccc(Cl)cc1)N(CC1c2ccccc2-c2ccccc21)C(=O)O. The summed E-state index contributed by atoms with van der Waals surface area (Å²) in [5.74, 6) is -0.500. The van der Waals surface area contributed by atoms with Crippen LogP contribution in [0.15, 0.2) is 85.5 Å². The minimum atomic E-state index is -1.16. The van der Waals surface area contributed by atoms with E-state index in [4.69, 9.17) is 11.6 Å². The summed E-state index contributed by atoms with van der Waals surface area (Å²) in [5, 5.41) is 10.8. The molecule has 3 aromatic rings. The largest absolute Gasteiger partial charge is 0.465 e. The van der Waals surface area contributed by atoms with E-state index in [2.05, 4.69) is 18.7 Å². The number of fused-ring (bicyclic) bond motifs is 3. The molecule has 1 aliphatic rings. The summed E-state index contributed by atoms with van der Waals surface area (Å²) in [6, 6.07) is 21.8. The molecule has 0 saturated carbocycles. The number of carbonyl (C=O) groups excluding carboxylic acids is 1. The van der Waals surface area contributed by atoms with E-state index >= 15 is 0 Å². The van der Waals surface area contributed by atoms with Crippen molar-refractivity contribution in [1.82, 2.24) is 9.80 Å². The summed E-state index contributed by atoms with van der Waals surface area (Å²) >= 11 is 6.06. The lowest BCUT2D eigenvalue weighted by atomic mass is 9.94. The zero-order chi connectivity index (χ0) is 23.5. The molecule has 0 saturated heterocycles. The van der Waals surface area contributed by atoms with Crippen molar-refractivity contribution < 1.29 is 14.7 Å². The molecular weight excluding hydrogens is 436 g/mol. The Morgan fingerprint density at radius 2 is 1.55 bits per heavy atom. The van der Waals surface area contributed by atoms with Crippen LogP contribution < -0.4 is 0 Å². The maximum atomic E-state index is 13.5. The fraction of sp³-hybridized carbons (Fsp3) is 0.185. The van der Waals surface area contributed by atoms with E-state index < -0.39 is 12.1 Å². The molecule has 0 fully saturated rings. The van der Waals surface area contributed by atoms with E-state index in [1.807, 2.05) is 36.4 Å². The van der Waals surface area contributed by atoms with Crippen molar-refractivity contribution in [3.63, 3.8) is 0 Å². The first-order valence-electron chi connectivity index (χ1n) is 10.7. The Kier molecular flexibility index (Phi) is 6.52. The molecule has 0 aliphatic heterocycles. The normalized spacial score (nSPS) is 13.0. The van der Waals surface area contributed by atoms with Crippen LogP contribution in [0.25, 0.3) is 11.1 Å². The minimum Gasteiger partial charge on any atom is -0.465 e. The quantitative estimate of drug-likeness (QED) is 0.452. The standard InChI is InChI=1S/C27H25ClN2O3/c1-3-16-29(2)26(31)25(18-12-14-19(28)15-13-18)30(27(32)33)17-24-22-10-6-4-8-20(22)21-9-5-7-11-23(21)24/h3-15,24-25H,1,16-17H2,2H3,(H,32,33)/t25-/m1/s1. The lowest BCUT2D eigenvalue weighted by Crippen LogP contribution is -2.45.